The van der Waals surface area contributed by atoms with Crippen molar-refractivity contribution in [3.8, 4) is 0 Å². The van der Waals surface area contributed by atoms with Crippen molar-refractivity contribution >= 4 is 11.7 Å². The molecule has 0 unspecified atom stereocenters. The molecule has 5 nitrogen and oxygen atoms in total. The fraction of sp³-hybridized carbons (Fsp3) is 0.500. The van der Waals surface area contributed by atoms with Crippen LogP contribution in [0.3, 0.4) is 0 Å². The largest absolute Gasteiger partial charge is 0.353 e. The molecule has 27 heavy (non-hydrogen) atoms. The Morgan fingerprint density at radius 2 is 1.74 bits per heavy atom. The highest BCUT2D eigenvalue weighted by atomic mass is 16.2. The van der Waals surface area contributed by atoms with Crippen LogP contribution in [0.5, 0.6) is 0 Å². The SMILES string of the molecule is CCc1nc(C)nc(N2CCN(C(=O)C(C)C)CC2)c1Cc1ccccc1. The Kier molecular flexibility index (Phi) is 6.09. The number of hydrogen-bond acceptors (Lipinski definition) is 4. The predicted molar refractivity (Wildman–Crippen MR) is 109 cm³/mol. The maximum atomic E-state index is 12.3. The number of carbonyl (C=O) groups is 1. The van der Waals surface area contributed by atoms with E-state index in [1.807, 2.05) is 31.7 Å². The van der Waals surface area contributed by atoms with Crippen LogP contribution in [-0.4, -0.2) is 47.0 Å². The summed E-state index contributed by atoms with van der Waals surface area (Å²) in [5.41, 5.74) is 3.62. The average Bonchev–Trinajstić information content (AvgIpc) is 2.69. The lowest BCUT2D eigenvalue weighted by Gasteiger charge is -2.37. The van der Waals surface area contributed by atoms with Crippen LogP contribution in [-0.2, 0) is 17.6 Å². The van der Waals surface area contributed by atoms with E-state index in [9.17, 15) is 4.79 Å². The zero-order chi connectivity index (χ0) is 19.4. The molecule has 1 saturated heterocycles. The van der Waals surface area contributed by atoms with Crippen molar-refractivity contribution in [3.05, 3.63) is 53.0 Å². The number of hydrogen-bond donors (Lipinski definition) is 0. The van der Waals surface area contributed by atoms with Crippen LogP contribution in [0.15, 0.2) is 30.3 Å². The molecule has 3 rings (SSSR count). The molecule has 0 spiro atoms. The molecule has 5 heteroatoms. The van der Waals surface area contributed by atoms with Crippen molar-refractivity contribution in [1.82, 2.24) is 14.9 Å². The van der Waals surface area contributed by atoms with Gasteiger partial charge in [-0.1, -0.05) is 51.1 Å². The number of nitrogens with zero attached hydrogens (tertiary/aromatic N) is 4. The summed E-state index contributed by atoms with van der Waals surface area (Å²) in [7, 11) is 0. The van der Waals surface area contributed by atoms with Gasteiger partial charge in [0.05, 0.1) is 0 Å². The summed E-state index contributed by atoms with van der Waals surface area (Å²) in [6.45, 7) is 11.2. The van der Waals surface area contributed by atoms with E-state index in [1.54, 1.807) is 0 Å². The summed E-state index contributed by atoms with van der Waals surface area (Å²) in [5.74, 6) is 2.16. The Morgan fingerprint density at radius 3 is 2.33 bits per heavy atom. The maximum Gasteiger partial charge on any atom is 0.225 e. The smallest absolute Gasteiger partial charge is 0.225 e. The number of amides is 1. The van der Waals surface area contributed by atoms with Gasteiger partial charge < -0.3 is 9.80 Å². The summed E-state index contributed by atoms with van der Waals surface area (Å²) in [5, 5.41) is 0. The molecule has 0 atom stereocenters. The number of carbonyl (C=O) groups excluding carboxylic acids is 1. The Hall–Kier alpha value is -2.43. The van der Waals surface area contributed by atoms with Crippen molar-refractivity contribution in [1.29, 1.82) is 0 Å². The number of piperazine rings is 1. The monoisotopic (exact) mass is 366 g/mol. The van der Waals surface area contributed by atoms with Gasteiger partial charge in [-0.15, -0.1) is 0 Å². The van der Waals surface area contributed by atoms with Gasteiger partial charge in [0.25, 0.3) is 0 Å². The van der Waals surface area contributed by atoms with E-state index in [-0.39, 0.29) is 11.8 Å². The van der Waals surface area contributed by atoms with Gasteiger partial charge in [0.2, 0.25) is 5.91 Å². The predicted octanol–water partition coefficient (Wildman–Crippen LogP) is 3.24. The molecule has 1 amide bonds. The molecule has 2 heterocycles. The molecule has 0 radical (unpaired) electrons. The lowest BCUT2D eigenvalue weighted by molar-refractivity contribution is -0.134. The van der Waals surface area contributed by atoms with E-state index in [2.05, 4.69) is 36.1 Å². The summed E-state index contributed by atoms with van der Waals surface area (Å²) in [4.78, 5) is 26.1. The average molecular weight is 367 g/mol. The van der Waals surface area contributed by atoms with Crippen molar-refractivity contribution in [2.45, 2.75) is 40.5 Å². The Labute approximate surface area is 162 Å². The molecule has 1 aromatic heterocycles. The van der Waals surface area contributed by atoms with Gasteiger partial charge in [-0.2, -0.15) is 0 Å². The Morgan fingerprint density at radius 1 is 1.07 bits per heavy atom. The van der Waals surface area contributed by atoms with Gasteiger partial charge in [0.1, 0.15) is 11.6 Å². The molecule has 0 N–H and O–H groups in total. The highest BCUT2D eigenvalue weighted by Crippen LogP contribution is 2.26. The normalized spacial score (nSPS) is 14.7. The maximum absolute atomic E-state index is 12.3. The number of rotatable bonds is 5. The van der Waals surface area contributed by atoms with Crippen LogP contribution in [0.2, 0.25) is 0 Å². The van der Waals surface area contributed by atoms with Gasteiger partial charge in [0.15, 0.2) is 0 Å². The van der Waals surface area contributed by atoms with Crippen LogP contribution in [0.4, 0.5) is 5.82 Å². The minimum Gasteiger partial charge on any atom is -0.353 e. The minimum absolute atomic E-state index is 0.0539. The second kappa shape index (κ2) is 8.51. The number of aromatic nitrogens is 2. The van der Waals surface area contributed by atoms with E-state index < -0.39 is 0 Å². The van der Waals surface area contributed by atoms with Crippen LogP contribution in [0.25, 0.3) is 0 Å². The number of anilines is 1. The fourth-order valence-corrected chi connectivity index (χ4v) is 3.68. The second-order valence-electron chi connectivity index (χ2n) is 7.50. The van der Waals surface area contributed by atoms with E-state index in [0.717, 1.165) is 56.4 Å². The summed E-state index contributed by atoms with van der Waals surface area (Å²) in [6.07, 6.45) is 1.73. The molecule has 0 saturated carbocycles. The third-order valence-electron chi connectivity index (χ3n) is 5.13. The fourth-order valence-electron chi connectivity index (χ4n) is 3.68. The van der Waals surface area contributed by atoms with Gasteiger partial charge in [-0.05, 0) is 18.9 Å². The number of benzene rings is 1. The van der Waals surface area contributed by atoms with Crippen molar-refractivity contribution in [2.75, 3.05) is 31.1 Å². The first-order valence-corrected chi connectivity index (χ1v) is 9.93. The minimum atomic E-state index is 0.0539. The lowest BCUT2D eigenvalue weighted by atomic mass is 10.0. The van der Waals surface area contributed by atoms with Crippen LogP contribution < -0.4 is 4.90 Å². The van der Waals surface area contributed by atoms with Crippen molar-refractivity contribution < 1.29 is 4.79 Å². The Bertz CT molecular complexity index is 780. The zero-order valence-corrected chi connectivity index (χ0v) is 16.9. The molecular formula is C22H30N4O. The van der Waals surface area contributed by atoms with E-state index in [4.69, 9.17) is 9.97 Å². The first-order chi connectivity index (χ1) is 13.0. The standard InChI is InChI=1S/C22H30N4O/c1-5-20-19(15-18-9-7-6-8-10-18)21(24-17(4)23-20)25-11-13-26(14-12-25)22(27)16(2)3/h6-10,16H,5,11-15H2,1-4H3. The third kappa shape index (κ3) is 4.46. The molecule has 0 bridgehead atoms. The van der Waals surface area contributed by atoms with Crippen molar-refractivity contribution in [3.63, 3.8) is 0 Å². The van der Waals surface area contributed by atoms with E-state index in [0.29, 0.717) is 0 Å². The molecule has 1 aromatic carbocycles. The topological polar surface area (TPSA) is 49.3 Å². The second-order valence-corrected chi connectivity index (χ2v) is 7.50. The van der Waals surface area contributed by atoms with Crippen LogP contribution in [0.1, 0.15) is 43.4 Å². The molecular weight excluding hydrogens is 336 g/mol. The van der Waals surface area contributed by atoms with Crippen LogP contribution >= 0.6 is 0 Å². The summed E-state index contributed by atoms with van der Waals surface area (Å²) < 4.78 is 0. The first kappa shape index (κ1) is 19.3. The molecule has 1 aliphatic heterocycles. The van der Waals surface area contributed by atoms with E-state index >= 15 is 0 Å². The third-order valence-corrected chi connectivity index (χ3v) is 5.13. The first-order valence-electron chi connectivity index (χ1n) is 9.93. The highest BCUT2D eigenvalue weighted by molar-refractivity contribution is 5.78. The highest BCUT2D eigenvalue weighted by Gasteiger charge is 2.26. The zero-order valence-electron chi connectivity index (χ0n) is 16.9. The quantitative estimate of drug-likeness (QED) is 0.815. The van der Waals surface area contributed by atoms with Gasteiger partial charge >= 0.3 is 0 Å². The molecule has 2 aromatic rings. The van der Waals surface area contributed by atoms with Crippen LogP contribution in [0, 0.1) is 12.8 Å². The lowest BCUT2D eigenvalue weighted by Crippen LogP contribution is -2.50. The van der Waals surface area contributed by atoms with Gasteiger partial charge in [0, 0.05) is 49.8 Å². The molecule has 1 fully saturated rings. The summed E-state index contributed by atoms with van der Waals surface area (Å²) in [6, 6.07) is 10.5. The molecule has 1 aliphatic rings. The Balaban J connectivity index is 1.86. The van der Waals surface area contributed by atoms with E-state index in [1.165, 1.54) is 11.1 Å². The van der Waals surface area contributed by atoms with Gasteiger partial charge in [-0.3, -0.25) is 4.79 Å². The summed E-state index contributed by atoms with van der Waals surface area (Å²) >= 11 is 0. The number of aryl methyl sites for hydroxylation is 2. The molecule has 144 valence electrons. The van der Waals surface area contributed by atoms with Gasteiger partial charge in [-0.25, -0.2) is 9.97 Å². The molecule has 0 aliphatic carbocycles. The van der Waals surface area contributed by atoms with Crippen molar-refractivity contribution in [2.24, 2.45) is 5.92 Å².